The maximum Gasteiger partial charge on any atom is 0.419 e. The molecule has 1 fully saturated rings. The van der Waals surface area contributed by atoms with E-state index in [1.54, 1.807) is 0 Å². The first-order chi connectivity index (χ1) is 8.54. The van der Waals surface area contributed by atoms with Gasteiger partial charge in [-0.1, -0.05) is 6.07 Å². The zero-order chi connectivity index (χ0) is 14.5. The molecule has 106 valence electrons. The van der Waals surface area contributed by atoms with Crippen molar-refractivity contribution in [2.24, 2.45) is 0 Å². The van der Waals surface area contributed by atoms with Crippen LogP contribution in [0.4, 0.5) is 17.6 Å². The average Bonchev–Trinajstić information content (AvgIpc) is 2.53. The molecule has 3 nitrogen and oxygen atoms in total. The molecule has 1 atom stereocenters. The first-order valence-electron chi connectivity index (χ1n) is 5.34. The fourth-order valence-corrected chi connectivity index (χ4v) is 3.92. The summed E-state index contributed by atoms with van der Waals surface area (Å²) in [5.74, 6) is -2.41. The van der Waals surface area contributed by atoms with Crippen LogP contribution in [0, 0.1) is 5.82 Å². The molecule has 0 aliphatic carbocycles. The molecule has 1 saturated heterocycles. The van der Waals surface area contributed by atoms with Crippen molar-refractivity contribution in [2.45, 2.75) is 18.2 Å². The first-order valence-corrected chi connectivity index (χ1v) is 7.16. The van der Waals surface area contributed by atoms with E-state index < -0.39 is 38.7 Å². The molecule has 19 heavy (non-hydrogen) atoms. The Hall–Kier alpha value is -1.15. The van der Waals surface area contributed by atoms with Gasteiger partial charge in [-0.25, -0.2) is 12.8 Å². The van der Waals surface area contributed by atoms with Crippen LogP contribution in [-0.2, 0) is 21.6 Å². The smallest absolute Gasteiger partial charge is 0.384 e. The van der Waals surface area contributed by atoms with Crippen LogP contribution in [0.2, 0.25) is 0 Å². The van der Waals surface area contributed by atoms with Crippen molar-refractivity contribution < 1.29 is 31.1 Å². The maximum absolute atomic E-state index is 13.1. The van der Waals surface area contributed by atoms with E-state index in [1.807, 2.05) is 0 Å². The minimum atomic E-state index is -4.89. The molecular formula is C11H10F4O3S. The summed E-state index contributed by atoms with van der Waals surface area (Å²) in [5, 5.41) is 10.1. The number of rotatable bonds is 1. The molecule has 1 aromatic carbocycles. The van der Waals surface area contributed by atoms with Gasteiger partial charge in [0.15, 0.2) is 9.84 Å². The molecule has 8 heteroatoms. The van der Waals surface area contributed by atoms with E-state index in [4.69, 9.17) is 0 Å². The quantitative estimate of drug-likeness (QED) is 0.805. The van der Waals surface area contributed by atoms with Gasteiger partial charge in [0, 0.05) is 0 Å². The summed E-state index contributed by atoms with van der Waals surface area (Å²) in [5.41, 5.74) is -3.63. The molecule has 0 spiro atoms. The van der Waals surface area contributed by atoms with Gasteiger partial charge in [-0.15, -0.1) is 0 Å². The second kappa shape index (κ2) is 4.17. The third-order valence-corrected chi connectivity index (χ3v) is 4.84. The second-order valence-corrected chi connectivity index (χ2v) is 6.75. The largest absolute Gasteiger partial charge is 0.419 e. The predicted octanol–water partition coefficient (Wildman–Crippen LogP) is 1.85. The molecule has 2 rings (SSSR count). The Morgan fingerprint density at radius 3 is 2.37 bits per heavy atom. The van der Waals surface area contributed by atoms with Gasteiger partial charge in [-0.2, -0.15) is 13.2 Å². The van der Waals surface area contributed by atoms with Crippen molar-refractivity contribution in [2.75, 3.05) is 11.5 Å². The Kier molecular flexibility index (Phi) is 3.13. The zero-order valence-corrected chi connectivity index (χ0v) is 10.4. The minimum Gasteiger partial charge on any atom is -0.384 e. The number of halogens is 4. The summed E-state index contributed by atoms with van der Waals surface area (Å²) in [6.07, 6.45) is -5.09. The van der Waals surface area contributed by atoms with E-state index in [2.05, 4.69) is 0 Å². The van der Waals surface area contributed by atoms with Crippen LogP contribution in [0.15, 0.2) is 18.2 Å². The van der Waals surface area contributed by atoms with Crippen LogP contribution in [0.3, 0.4) is 0 Å². The fourth-order valence-electron chi connectivity index (χ4n) is 2.09. The first kappa shape index (κ1) is 14.3. The fraction of sp³-hybridized carbons (Fsp3) is 0.455. The molecule has 1 aromatic rings. The lowest BCUT2D eigenvalue weighted by atomic mass is 9.92. The van der Waals surface area contributed by atoms with E-state index in [0.29, 0.717) is 12.1 Å². The second-order valence-electron chi connectivity index (χ2n) is 4.57. The average molecular weight is 298 g/mol. The Morgan fingerprint density at radius 2 is 1.89 bits per heavy atom. The highest BCUT2D eigenvalue weighted by atomic mass is 32.2. The van der Waals surface area contributed by atoms with Gasteiger partial charge < -0.3 is 5.11 Å². The SMILES string of the molecule is O=S1(=O)CCC(O)(c2ccc(F)c(C(F)(F)F)c2)C1. The van der Waals surface area contributed by atoms with E-state index >= 15 is 0 Å². The third-order valence-electron chi connectivity index (χ3n) is 3.09. The van der Waals surface area contributed by atoms with Crippen LogP contribution < -0.4 is 0 Å². The predicted molar refractivity (Wildman–Crippen MR) is 58.6 cm³/mol. The van der Waals surface area contributed by atoms with E-state index in [0.717, 1.165) is 6.07 Å². The minimum absolute atomic E-state index is 0.196. The zero-order valence-electron chi connectivity index (χ0n) is 9.54. The Balaban J connectivity index is 2.48. The van der Waals surface area contributed by atoms with Crippen LogP contribution in [0.1, 0.15) is 17.5 Å². The number of sulfone groups is 1. The standard InChI is InChI=1S/C11H10F4O3S/c12-9-2-1-7(5-8(9)11(13,14)15)10(16)3-4-19(17,18)6-10/h1-2,5,16H,3-4,6H2. The molecule has 0 radical (unpaired) electrons. The number of alkyl halides is 3. The molecule has 1 unspecified atom stereocenters. The molecule has 1 N–H and O–H groups in total. The lowest BCUT2D eigenvalue weighted by molar-refractivity contribution is -0.140. The summed E-state index contributed by atoms with van der Waals surface area (Å²) in [4.78, 5) is 0. The third kappa shape index (κ3) is 2.74. The van der Waals surface area contributed by atoms with Crippen LogP contribution in [0.25, 0.3) is 0 Å². The summed E-state index contributed by atoms with van der Waals surface area (Å²) >= 11 is 0. The Labute approximate surface area is 106 Å². The van der Waals surface area contributed by atoms with E-state index in [9.17, 15) is 31.1 Å². The maximum atomic E-state index is 13.1. The Morgan fingerprint density at radius 1 is 1.26 bits per heavy atom. The molecule has 0 saturated carbocycles. The number of hydrogen-bond acceptors (Lipinski definition) is 3. The molecule has 0 aromatic heterocycles. The molecular weight excluding hydrogens is 288 g/mol. The summed E-state index contributed by atoms with van der Waals surface area (Å²) in [6.45, 7) is 0. The lowest BCUT2D eigenvalue weighted by Gasteiger charge is -2.22. The van der Waals surface area contributed by atoms with Crippen molar-refractivity contribution in [3.63, 3.8) is 0 Å². The van der Waals surface area contributed by atoms with E-state index in [1.165, 1.54) is 0 Å². The molecule has 0 amide bonds. The number of benzene rings is 1. The van der Waals surface area contributed by atoms with Crippen LogP contribution >= 0.6 is 0 Å². The van der Waals surface area contributed by atoms with Gasteiger partial charge in [0.1, 0.15) is 11.4 Å². The normalized spacial score (nSPS) is 26.6. The van der Waals surface area contributed by atoms with Gasteiger partial charge >= 0.3 is 6.18 Å². The van der Waals surface area contributed by atoms with Gasteiger partial charge in [0.2, 0.25) is 0 Å². The van der Waals surface area contributed by atoms with Crippen molar-refractivity contribution in [1.29, 1.82) is 0 Å². The van der Waals surface area contributed by atoms with E-state index in [-0.39, 0.29) is 17.7 Å². The summed E-state index contributed by atoms with van der Waals surface area (Å²) in [6, 6.07) is 2.03. The summed E-state index contributed by atoms with van der Waals surface area (Å²) in [7, 11) is -3.49. The molecule has 1 aliphatic rings. The summed E-state index contributed by atoms with van der Waals surface area (Å²) < 4.78 is 73.4. The van der Waals surface area contributed by atoms with Gasteiger partial charge in [0.05, 0.1) is 17.1 Å². The highest BCUT2D eigenvalue weighted by Gasteiger charge is 2.43. The molecule has 1 heterocycles. The topological polar surface area (TPSA) is 54.4 Å². The van der Waals surface area contributed by atoms with Gasteiger partial charge in [-0.05, 0) is 24.1 Å². The molecule has 0 bridgehead atoms. The van der Waals surface area contributed by atoms with Crippen molar-refractivity contribution in [1.82, 2.24) is 0 Å². The van der Waals surface area contributed by atoms with Gasteiger partial charge in [0.25, 0.3) is 0 Å². The number of aliphatic hydroxyl groups is 1. The molecule has 1 aliphatic heterocycles. The number of hydrogen-bond donors (Lipinski definition) is 1. The highest BCUT2D eigenvalue weighted by molar-refractivity contribution is 7.91. The van der Waals surface area contributed by atoms with Crippen molar-refractivity contribution >= 4 is 9.84 Å². The Bertz CT molecular complexity index is 609. The van der Waals surface area contributed by atoms with Crippen molar-refractivity contribution in [3.05, 3.63) is 35.1 Å². The van der Waals surface area contributed by atoms with Crippen molar-refractivity contribution in [3.8, 4) is 0 Å². The highest BCUT2D eigenvalue weighted by Crippen LogP contribution is 2.38. The van der Waals surface area contributed by atoms with Crippen LogP contribution in [0.5, 0.6) is 0 Å². The van der Waals surface area contributed by atoms with Gasteiger partial charge in [-0.3, -0.25) is 0 Å². The monoisotopic (exact) mass is 298 g/mol. The lowest BCUT2D eigenvalue weighted by Crippen LogP contribution is -2.27. The van der Waals surface area contributed by atoms with Crippen LogP contribution in [-0.4, -0.2) is 25.0 Å².